The third-order valence-electron chi connectivity index (χ3n) is 4.20. The predicted molar refractivity (Wildman–Crippen MR) is 110 cm³/mol. The number of hydrogen-bond acceptors (Lipinski definition) is 2. The zero-order valence-corrected chi connectivity index (χ0v) is 16.4. The molecular formula is C22H21Cl2NO. The number of halogens is 2. The standard InChI is InChI=1S/C22H21Cl2NO/c1-15-7-9-17(10-8-15)14-26-22-18(11-19(23)12-20(22)24)13-25-21-6-4-3-5-16(21)2/h3-12,25H,13-14H2,1-2H3. The maximum absolute atomic E-state index is 6.40. The van der Waals surface area contributed by atoms with Gasteiger partial charge in [-0.15, -0.1) is 0 Å². The fourth-order valence-electron chi connectivity index (χ4n) is 2.71. The molecule has 0 aromatic heterocycles. The first kappa shape index (κ1) is 18.6. The monoisotopic (exact) mass is 385 g/mol. The molecule has 4 heteroatoms. The van der Waals surface area contributed by atoms with Gasteiger partial charge in [-0.1, -0.05) is 71.2 Å². The van der Waals surface area contributed by atoms with Gasteiger partial charge in [-0.2, -0.15) is 0 Å². The van der Waals surface area contributed by atoms with E-state index in [9.17, 15) is 0 Å². The summed E-state index contributed by atoms with van der Waals surface area (Å²) in [6.45, 7) is 5.17. The van der Waals surface area contributed by atoms with E-state index in [4.69, 9.17) is 27.9 Å². The van der Waals surface area contributed by atoms with Gasteiger partial charge >= 0.3 is 0 Å². The highest BCUT2D eigenvalue weighted by atomic mass is 35.5. The van der Waals surface area contributed by atoms with Crippen molar-refractivity contribution in [2.75, 3.05) is 5.32 Å². The number of rotatable bonds is 6. The number of anilines is 1. The van der Waals surface area contributed by atoms with E-state index in [2.05, 4.69) is 49.5 Å². The van der Waals surface area contributed by atoms with Gasteiger partial charge in [0.25, 0.3) is 0 Å². The first-order chi connectivity index (χ1) is 12.5. The van der Waals surface area contributed by atoms with Crippen LogP contribution in [0.1, 0.15) is 22.3 Å². The molecule has 0 aliphatic rings. The van der Waals surface area contributed by atoms with Gasteiger partial charge in [0.1, 0.15) is 12.4 Å². The molecule has 0 fully saturated rings. The van der Waals surface area contributed by atoms with Crippen molar-refractivity contribution in [3.63, 3.8) is 0 Å². The maximum atomic E-state index is 6.40. The van der Waals surface area contributed by atoms with E-state index < -0.39 is 0 Å². The van der Waals surface area contributed by atoms with Crippen molar-refractivity contribution >= 4 is 28.9 Å². The van der Waals surface area contributed by atoms with E-state index in [1.807, 2.05) is 24.3 Å². The van der Waals surface area contributed by atoms with Gasteiger partial charge in [0.2, 0.25) is 0 Å². The summed E-state index contributed by atoms with van der Waals surface area (Å²) in [4.78, 5) is 0. The Hall–Kier alpha value is -2.16. The molecule has 0 saturated carbocycles. The lowest BCUT2D eigenvalue weighted by Crippen LogP contribution is -2.05. The molecule has 0 aliphatic heterocycles. The molecule has 0 saturated heterocycles. The van der Waals surface area contributed by atoms with Crippen LogP contribution in [-0.4, -0.2) is 0 Å². The quantitative estimate of drug-likeness (QED) is 0.503. The first-order valence-corrected chi connectivity index (χ1v) is 9.24. The normalized spacial score (nSPS) is 10.6. The van der Waals surface area contributed by atoms with E-state index in [0.29, 0.717) is 28.9 Å². The Morgan fingerprint density at radius 3 is 2.38 bits per heavy atom. The number of nitrogens with one attached hydrogen (secondary N) is 1. The van der Waals surface area contributed by atoms with E-state index >= 15 is 0 Å². The predicted octanol–water partition coefficient (Wildman–Crippen LogP) is 6.80. The SMILES string of the molecule is Cc1ccc(COc2c(Cl)cc(Cl)cc2CNc2ccccc2C)cc1. The number of para-hydroxylation sites is 1. The van der Waals surface area contributed by atoms with Crippen LogP contribution in [0.5, 0.6) is 5.75 Å². The van der Waals surface area contributed by atoms with Crippen LogP contribution < -0.4 is 10.1 Å². The number of hydrogen-bond donors (Lipinski definition) is 1. The lowest BCUT2D eigenvalue weighted by atomic mass is 10.1. The summed E-state index contributed by atoms with van der Waals surface area (Å²) in [6, 6.07) is 20.0. The van der Waals surface area contributed by atoms with Crippen LogP contribution in [-0.2, 0) is 13.2 Å². The second-order valence-corrected chi connectivity index (χ2v) is 7.16. The highest BCUT2D eigenvalue weighted by Crippen LogP contribution is 2.33. The summed E-state index contributed by atoms with van der Waals surface area (Å²) < 4.78 is 6.04. The van der Waals surface area contributed by atoms with Crippen LogP contribution in [0.25, 0.3) is 0 Å². The van der Waals surface area contributed by atoms with Gasteiger partial charge in [-0.25, -0.2) is 0 Å². The summed E-state index contributed by atoms with van der Waals surface area (Å²) >= 11 is 12.6. The van der Waals surface area contributed by atoms with Gasteiger partial charge in [0.15, 0.2) is 0 Å². The van der Waals surface area contributed by atoms with E-state index in [1.54, 1.807) is 6.07 Å². The molecule has 0 heterocycles. The molecule has 0 unspecified atom stereocenters. The number of aryl methyl sites for hydroxylation is 2. The lowest BCUT2D eigenvalue weighted by Gasteiger charge is -2.16. The molecule has 3 aromatic rings. The van der Waals surface area contributed by atoms with Gasteiger partial charge in [0.05, 0.1) is 5.02 Å². The molecular weight excluding hydrogens is 365 g/mol. The topological polar surface area (TPSA) is 21.3 Å². The zero-order valence-electron chi connectivity index (χ0n) is 14.9. The number of benzene rings is 3. The summed E-state index contributed by atoms with van der Waals surface area (Å²) in [5.41, 5.74) is 5.51. The second kappa shape index (κ2) is 8.48. The summed E-state index contributed by atoms with van der Waals surface area (Å²) in [5, 5.41) is 4.55. The van der Waals surface area contributed by atoms with Crippen LogP contribution in [0.2, 0.25) is 10.0 Å². The minimum atomic E-state index is 0.457. The Kier molecular flexibility index (Phi) is 6.08. The minimum Gasteiger partial charge on any atom is -0.487 e. The van der Waals surface area contributed by atoms with Gasteiger partial charge in [0, 0.05) is 22.8 Å². The Morgan fingerprint density at radius 1 is 0.923 bits per heavy atom. The van der Waals surface area contributed by atoms with Crippen LogP contribution >= 0.6 is 23.2 Å². The molecule has 0 spiro atoms. The Morgan fingerprint density at radius 2 is 1.65 bits per heavy atom. The number of ether oxygens (including phenoxy) is 1. The highest BCUT2D eigenvalue weighted by molar-refractivity contribution is 6.35. The smallest absolute Gasteiger partial charge is 0.143 e. The second-order valence-electron chi connectivity index (χ2n) is 6.32. The van der Waals surface area contributed by atoms with Crippen LogP contribution in [0.4, 0.5) is 5.69 Å². The molecule has 3 aromatic carbocycles. The van der Waals surface area contributed by atoms with Crippen molar-refractivity contribution in [3.05, 3.63) is 93.0 Å². The first-order valence-electron chi connectivity index (χ1n) is 8.48. The summed E-state index contributed by atoms with van der Waals surface area (Å²) in [5.74, 6) is 0.665. The molecule has 26 heavy (non-hydrogen) atoms. The van der Waals surface area contributed by atoms with Crippen LogP contribution in [0, 0.1) is 13.8 Å². The van der Waals surface area contributed by atoms with E-state index in [-0.39, 0.29) is 0 Å². The average molecular weight is 386 g/mol. The van der Waals surface area contributed by atoms with Crippen molar-refractivity contribution in [1.29, 1.82) is 0 Å². The Bertz CT molecular complexity index is 891. The fraction of sp³-hybridized carbons (Fsp3) is 0.182. The molecule has 0 atom stereocenters. The van der Waals surface area contributed by atoms with E-state index in [0.717, 1.165) is 16.8 Å². The van der Waals surface area contributed by atoms with Crippen LogP contribution in [0.15, 0.2) is 60.7 Å². The third kappa shape index (κ3) is 4.72. The molecule has 2 nitrogen and oxygen atoms in total. The average Bonchev–Trinajstić information content (AvgIpc) is 2.61. The molecule has 0 amide bonds. The van der Waals surface area contributed by atoms with Crippen molar-refractivity contribution < 1.29 is 4.74 Å². The molecule has 1 N–H and O–H groups in total. The van der Waals surface area contributed by atoms with Crippen molar-refractivity contribution in [2.24, 2.45) is 0 Å². The lowest BCUT2D eigenvalue weighted by molar-refractivity contribution is 0.303. The third-order valence-corrected chi connectivity index (χ3v) is 4.70. The summed E-state index contributed by atoms with van der Waals surface area (Å²) in [7, 11) is 0. The van der Waals surface area contributed by atoms with Gasteiger partial charge in [-0.05, 0) is 43.2 Å². The molecule has 3 rings (SSSR count). The van der Waals surface area contributed by atoms with Crippen molar-refractivity contribution in [2.45, 2.75) is 27.0 Å². The Balaban J connectivity index is 1.78. The minimum absolute atomic E-state index is 0.457. The molecule has 0 radical (unpaired) electrons. The van der Waals surface area contributed by atoms with Crippen molar-refractivity contribution in [1.82, 2.24) is 0 Å². The van der Waals surface area contributed by atoms with Crippen LogP contribution in [0.3, 0.4) is 0 Å². The van der Waals surface area contributed by atoms with E-state index in [1.165, 1.54) is 11.1 Å². The Labute approximate surface area is 164 Å². The fourth-order valence-corrected chi connectivity index (χ4v) is 3.30. The molecule has 0 aliphatic carbocycles. The summed E-state index contributed by atoms with van der Waals surface area (Å²) in [6.07, 6.45) is 0. The molecule has 134 valence electrons. The van der Waals surface area contributed by atoms with Gasteiger partial charge < -0.3 is 10.1 Å². The van der Waals surface area contributed by atoms with Crippen molar-refractivity contribution in [3.8, 4) is 5.75 Å². The van der Waals surface area contributed by atoms with Gasteiger partial charge in [-0.3, -0.25) is 0 Å². The zero-order chi connectivity index (χ0) is 18.5. The molecule has 0 bridgehead atoms. The maximum Gasteiger partial charge on any atom is 0.143 e. The highest BCUT2D eigenvalue weighted by Gasteiger charge is 2.12. The largest absolute Gasteiger partial charge is 0.487 e.